The van der Waals surface area contributed by atoms with Crippen LogP contribution in [0.2, 0.25) is 0 Å². The maximum absolute atomic E-state index is 11.7. The zero-order valence-electron chi connectivity index (χ0n) is 16.1. The molecular formula is C21H36O3. The summed E-state index contributed by atoms with van der Waals surface area (Å²) < 4.78 is 11.6. The quantitative estimate of drug-likeness (QED) is 0.753. The molecule has 4 aliphatic carbocycles. The Morgan fingerprint density at radius 2 is 1.58 bits per heavy atom. The van der Waals surface area contributed by atoms with Crippen LogP contribution in [0, 0.1) is 28.6 Å². The molecule has 0 spiro atoms. The minimum atomic E-state index is -0.402. The zero-order chi connectivity index (χ0) is 17.2. The number of ether oxygens (including phenoxy) is 2. The molecule has 0 aromatic carbocycles. The van der Waals surface area contributed by atoms with Crippen molar-refractivity contribution in [1.29, 1.82) is 0 Å². The van der Waals surface area contributed by atoms with Gasteiger partial charge in [-0.1, -0.05) is 13.8 Å². The molecular weight excluding hydrogens is 300 g/mol. The molecule has 0 radical (unpaired) electrons. The van der Waals surface area contributed by atoms with Crippen molar-refractivity contribution in [3.05, 3.63) is 0 Å². The van der Waals surface area contributed by atoms with E-state index in [1.165, 1.54) is 44.9 Å². The van der Waals surface area contributed by atoms with Crippen LogP contribution in [-0.2, 0) is 9.47 Å². The van der Waals surface area contributed by atoms with Crippen LogP contribution in [0.15, 0.2) is 0 Å². The standard InChI is InChI=1S/C21H36O3/c1-18-9-5-10-21(18,22)17-7-6-15-14-20(23-3,24-4)13-12-19(15,2)16(17)8-11-18/h15-17,22H,5-14H2,1-4H3/t15-,16+,17-,18+,19-,21+/m0/s1. The first-order valence-electron chi connectivity index (χ1n) is 10.2. The Labute approximate surface area is 147 Å². The fraction of sp³-hybridized carbons (Fsp3) is 1.00. The Morgan fingerprint density at radius 3 is 2.29 bits per heavy atom. The molecule has 0 aliphatic heterocycles. The number of rotatable bonds is 2. The van der Waals surface area contributed by atoms with Crippen molar-refractivity contribution in [3.63, 3.8) is 0 Å². The Morgan fingerprint density at radius 1 is 0.833 bits per heavy atom. The molecule has 138 valence electrons. The highest BCUT2D eigenvalue weighted by Gasteiger charge is 2.65. The summed E-state index contributed by atoms with van der Waals surface area (Å²) in [7, 11) is 3.59. The summed E-state index contributed by atoms with van der Waals surface area (Å²) in [6, 6.07) is 0. The molecule has 4 aliphatic rings. The van der Waals surface area contributed by atoms with Crippen LogP contribution in [0.25, 0.3) is 0 Å². The molecule has 4 rings (SSSR count). The van der Waals surface area contributed by atoms with Crippen molar-refractivity contribution in [2.75, 3.05) is 14.2 Å². The minimum absolute atomic E-state index is 0.175. The fourth-order valence-corrected chi connectivity index (χ4v) is 7.61. The molecule has 4 saturated carbocycles. The predicted molar refractivity (Wildman–Crippen MR) is 94.6 cm³/mol. The molecule has 3 nitrogen and oxygen atoms in total. The molecule has 3 heteroatoms. The van der Waals surface area contributed by atoms with Gasteiger partial charge in [0.1, 0.15) is 0 Å². The van der Waals surface area contributed by atoms with Gasteiger partial charge in [0.25, 0.3) is 0 Å². The first kappa shape index (κ1) is 17.3. The van der Waals surface area contributed by atoms with Gasteiger partial charge in [-0.3, -0.25) is 0 Å². The van der Waals surface area contributed by atoms with Crippen molar-refractivity contribution in [3.8, 4) is 0 Å². The Hall–Kier alpha value is -0.120. The minimum Gasteiger partial charge on any atom is -0.389 e. The maximum Gasteiger partial charge on any atom is 0.167 e. The summed E-state index contributed by atoms with van der Waals surface area (Å²) in [6.07, 6.45) is 11.6. The molecule has 0 aromatic heterocycles. The third kappa shape index (κ3) is 2.07. The number of hydrogen-bond acceptors (Lipinski definition) is 3. The molecule has 24 heavy (non-hydrogen) atoms. The highest BCUT2D eigenvalue weighted by Crippen LogP contribution is 2.68. The number of aliphatic hydroxyl groups is 1. The van der Waals surface area contributed by atoms with E-state index in [1.54, 1.807) is 14.2 Å². The lowest BCUT2D eigenvalue weighted by Crippen LogP contribution is -2.62. The lowest BCUT2D eigenvalue weighted by Gasteiger charge is -2.64. The van der Waals surface area contributed by atoms with Crippen molar-refractivity contribution in [1.82, 2.24) is 0 Å². The molecule has 1 N–H and O–H groups in total. The maximum atomic E-state index is 11.7. The first-order valence-corrected chi connectivity index (χ1v) is 10.2. The number of fused-ring (bicyclic) bond motifs is 5. The summed E-state index contributed by atoms with van der Waals surface area (Å²) in [5.41, 5.74) is 0.124. The highest BCUT2D eigenvalue weighted by atomic mass is 16.7. The molecule has 0 bridgehead atoms. The first-order chi connectivity index (χ1) is 11.3. The summed E-state index contributed by atoms with van der Waals surface area (Å²) in [5.74, 6) is 1.49. The average Bonchev–Trinajstić information content (AvgIpc) is 2.90. The second-order valence-corrected chi connectivity index (χ2v) is 9.89. The van der Waals surface area contributed by atoms with E-state index in [-0.39, 0.29) is 11.2 Å². The van der Waals surface area contributed by atoms with Crippen LogP contribution < -0.4 is 0 Å². The normalized spacial score (nSPS) is 53.1. The predicted octanol–water partition coefficient (Wildman–Crippen LogP) is 4.52. The molecule has 0 aromatic rings. The summed E-state index contributed by atoms with van der Waals surface area (Å²) >= 11 is 0. The van der Waals surface area contributed by atoms with Crippen molar-refractivity contribution >= 4 is 0 Å². The summed E-state index contributed by atoms with van der Waals surface area (Å²) in [6.45, 7) is 4.89. The van der Waals surface area contributed by atoms with Gasteiger partial charge < -0.3 is 14.6 Å². The van der Waals surface area contributed by atoms with Gasteiger partial charge in [0.15, 0.2) is 5.79 Å². The molecule has 0 heterocycles. The SMILES string of the molecule is COC1(OC)CC[C@@]2(C)[C@@H](CC[C@H]3[C@H]2CC[C@@]2(C)CCC[C@@]32O)C1. The van der Waals surface area contributed by atoms with Gasteiger partial charge in [-0.05, 0) is 80.0 Å². The highest BCUT2D eigenvalue weighted by molar-refractivity contribution is 5.15. The van der Waals surface area contributed by atoms with E-state index in [0.29, 0.717) is 23.2 Å². The van der Waals surface area contributed by atoms with Crippen molar-refractivity contribution < 1.29 is 14.6 Å². The van der Waals surface area contributed by atoms with Gasteiger partial charge in [-0.25, -0.2) is 0 Å². The third-order valence-corrected chi connectivity index (χ3v) is 9.39. The van der Waals surface area contributed by atoms with Crippen LogP contribution in [0.3, 0.4) is 0 Å². The molecule has 0 saturated heterocycles. The number of hydrogen-bond donors (Lipinski definition) is 1. The lowest BCUT2D eigenvalue weighted by atomic mass is 9.44. The smallest absolute Gasteiger partial charge is 0.167 e. The monoisotopic (exact) mass is 336 g/mol. The molecule has 4 fully saturated rings. The van der Waals surface area contributed by atoms with E-state index >= 15 is 0 Å². The van der Waals surface area contributed by atoms with E-state index in [0.717, 1.165) is 19.3 Å². The van der Waals surface area contributed by atoms with Gasteiger partial charge in [-0.15, -0.1) is 0 Å². The summed E-state index contributed by atoms with van der Waals surface area (Å²) in [4.78, 5) is 0. The van der Waals surface area contributed by atoms with E-state index in [2.05, 4.69) is 13.8 Å². The topological polar surface area (TPSA) is 38.7 Å². The van der Waals surface area contributed by atoms with E-state index in [1.807, 2.05) is 0 Å². The van der Waals surface area contributed by atoms with Crippen LogP contribution >= 0.6 is 0 Å². The molecule has 0 amide bonds. The van der Waals surface area contributed by atoms with Crippen LogP contribution in [0.1, 0.15) is 78.1 Å². The Balaban J connectivity index is 1.63. The second kappa shape index (κ2) is 5.44. The van der Waals surface area contributed by atoms with Gasteiger partial charge in [0.05, 0.1) is 5.60 Å². The van der Waals surface area contributed by atoms with Crippen LogP contribution in [0.5, 0.6) is 0 Å². The van der Waals surface area contributed by atoms with E-state index < -0.39 is 5.60 Å². The van der Waals surface area contributed by atoms with E-state index in [4.69, 9.17) is 9.47 Å². The largest absolute Gasteiger partial charge is 0.389 e. The Kier molecular flexibility index (Phi) is 3.92. The van der Waals surface area contributed by atoms with Gasteiger partial charge >= 0.3 is 0 Å². The molecule has 6 atom stereocenters. The molecule has 0 unspecified atom stereocenters. The average molecular weight is 337 g/mol. The number of methoxy groups -OCH3 is 2. The van der Waals surface area contributed by atoms with Crippen LogP contribution in [-0.4, -0.2) is 30.7 Å². The lowest BCUT2D eigenvalue weighted by molar-refractivity contribution is -0.270. The Bertz CT molecular complexity index is 501. The van der Waals surface area contributed by atoms with Crippen molar-refractivity contribution in [2.24, 2.45) is 28.6 Å². The van der Waals surface area contributed by atoms with Gasteiger partial charge in [-0.2, -0.15) is 0 Å². The van der Waals surface area contributed by atoms with Crippen molar-refractivity contribution in [2.45, 2.75) is 89.4 Å². The van der Waals surface area contributed by atoms with Gasteiger partial charge in [0, 0.05) is 27.1 Å². The van der Waals surface area contributed by atoms with Crippen LogP contribution in [0.4, 0.5) is 0 Å². The second-order valence-electron chi connectivity index (χ2n) is 9.89. The van der Waals surface area contributed by atoms with Gasteiger partial charge in [0.2, 0.25) is 0 Å². The summed E-state index contributed by atoms with van der Waals surface area (Å²) in [5, 5.41) is 11.7. The van der Waals surface area contributed by atoms with E-state index in [9.17, 15) is 5.11 Å². The zero-order valence-corrected chi connectivity index (χ0v) is 16.1. The fourth-order valence-electron chi connectivity index (χ4n) is 7.61. The third-order valence-electron chi connectivity index (χ3n) is 9.39.